The van der Waals surface area contributed by atoms with Crippen molar-refractivity contribution in [1.29, 1.82) is 0 Å². The van der Waals surface area contributed by atoms with Gasteiger partial charge in [-0.2, -0.15) is 9.97 Å². The summed E-state index contributed by atoms with van der Waals surface area (Å²) < 4.78 is 0. The number of fused-ring (bicyclic) bond motifs is 1. The van der Waals surface area contributed by atoms with Gasteiger partial charge >= 0.3 is 0 Å². The third-order valence-electron chi connectivity index (χ3n) is 2.20. The number of aromatic nitrogens is 4. The van der Waals surface area contributed by atoms with E-state index in [0.717, 1.165) is 0 Å². The summed E-state index contributed by atoms with van der Waals surface area (Å²) in [7, 11) is 0. The van der Waals surface area contributed by atoms with Gasteiger partial charge in [-0.15, -0.1) is 0 Å². The molecule has 1 aliphatic rings. The Hall–Kier alpha value is -1.49. The molecule has 1 saturated carbocycles. The van der Waals surface area contributed by atoms with E-state index < -0.39 is 0 Å². The van der Waals surface area contributed by atoms with Gasteiger partial charge in [0.05, 0.1) is 0 Å². The maximum atomic E-state index is 5.97. The molecule has 0 spiro atoms. The van der Waals surface area contributed by atoms with E-state index in [1.54, 1.807) is 12.4 Å². The fraction of sp³-hybridized carbons (Fsp3) is 0.333. The zero-order valence-corrected chi connectivity index (χ0v) is 8.57. The summed E-state index contributed by atoms with van der Waals surface area (Å²) in [5.41, 5.74) is 1.07. The number of anilines is 1. The lowest BCUT2D eigenvalue weighted by Gasteiger charge is -2.03. The lowest BCUT2D eigenvalue weighted by atomic mass is 10.5. The summed E-state index contributed by atoms with van der Waals surface area (Å²) in [4.78, 5) is 16.5. The average Bonchev–Trinajstić information content (AvgIpc) is 3.02. The monoisotopic (exact) mass is 221 g/mol. The molecule has 0 saturated heterocycles. The third kappa shape index (κ3) is 1.70. The second-order valence-electron chi connectivity index (χ2n) is 3.49. The number of hydrogen-bond acceptors (Lipinski definition) is 5. The topological polar surface area (TPSA) is 63.6 Å². The number of nitrogens with zero attached hydrogens (tertiary/aromatic N) is 4. The minimum atomic E-state index is 0.344. The van der Waals surface area contributed by atoms with E-state index in [9.17, 15) is 0 Å². The number of hydrogen-bond donors (Lipinski definition) is 1. The van der Waals surface area contributed by atoms with Gasteiger partial charge in [0.15, 0.2) is 10.8 Å². The minimum Gasteiger partial charge on any atom is -0.351 e. The average molecular weight is 222 g/mol. The van der Waals surface area contributed by atoms with E-state index in [0.29, 0.717) is 28.3 Å². The molecule has 3 rings (SSSR count). The van der Waals surface area contributed by atoms with Crippen LogP contribution in [0.1, 0.15) is 12.8 Å². The quantitative estimate of drug-likeness (QED) is 0.782. The summed E-state index contributed by atoms with van der Waals surface area (Å²) in [5, 5.41) is 3.52. The first-order valence-electron chi connectivity index (χ1n) is 4.74. The first-order valence-corrected chi connectivity index (χ1v) is 5.11. The van der Waals surface area contributed by atoms with E-state index in [1.807, 2.05) is 0 Å². The van der Waals surface area contributed by atoms with E-state index in [4.69, 9.17) is 11.6 Å². The van der Waals surface area contributed by atoms with Crippen molar-refractivity contribution in [3.05, 3.63) is 17.5 Å². The molecule has 15 heavy (non-hydrogen) atoms. The van der Waals surface area contributed by atoms with Gasteiger partial charge in [0.25, 0.3) is 0 Å². The standard InChI is InChI=1S/C9H8ClN5/c10-7-6-8(12-4-3-11-6)15-9(14-7)13-5-1-2-5/h3-5H,1-2H2,(H,12,13,14,15). The van der Waals surface area contributed by atoms with Crippen LogP contribution in [0.25, 0.3) is 11.2 Å². The Morgan fingerprint density at radius 2 is 2.00 bits per heavy atom. The third-order valence-corrected chi connectivity index (χ3v) is 2.46. The number of rotatable bonds is 2. The summed E-state index contributed by atoms with van der Waals surface area (Å²) >= 11 is 5.97. The molecule has 76 valence electrons. The molecule has 1 fully saturated rings. The molecule has 0 unspecified atom stereocenters. The van der Waals surface area contributed by atoms with Crippen LogP contribution in [0.4, 0.5) is 5.95 Å². The van der Waals surface area contributed by atoms with E-state index in [-0.39, 0.29) is 0 Å². The Morgan fingerprint density at radius 3 is 2.80 bits per heavy atom. The molecule has 0 aromatic carbocycles. The van der Waals surface area contributed by atoms with Crippen LogP contribution in [0.2, 0.25) is 5.15 Å². The predicted octanol–water partition coefficient (Wildman–Crippen LogP) is 1.65. The van der Waals surface area contributed by atoms with Gasteiger partial charge < -0.3 is 5.32 Å². The summed E-state index contributed by atoms with van der Waals surface area (Å²) in [6, 6.07) is 0.496. The second kappa shape index (κ2) is 3.27. The first-order chi connectivity index (χ1) is 7.33. The molecular formula is C9H8ClN5. The minimum absolute atomic E-state index is 0.344. The Balaban J connectivity index is 2.09. The SMILES string of the molecule is Clc1nc(NC2CC2)nc2nccnc12. The molecule has 1 N–H and O–H groups in total. The molecule has 6 heteroatoms. The van der Waals surface area contributed by atoms with Gasteiger partial charge in [0, 0.05) is 18.4 Å². The van der Waals surface area contributed by atoms with Gasteiger partial charge in [-0.1, -0.05) is 11.6 Å². The van der Waals surface area contributed by atoms with Crippen LogP contribution in [-0.2, 0) is 0 Å². The van der Waals surface area contributed by atoms with Gasteiger partial charge in [0.1, 0.15) is 5.52 Å². The van der Waals surface area contributed by atoms with E-state index in [2.05, 4.69) is 25.3 Å². The highest BCUT2D eigenvalue weighted by molar-refractivity contribution is 6.33. The van der Waals surface area contributed by atoms with Crippen molar-refractivity contribution in [2.24, 2.45) is 0 Å². The highest BCUT2D eigenvalue weighted by atomic mass is 35.5. The van der Waals surface area contributed by atoms with Gasteiger partial charge in [0.2, 0.25) is 5.95 Å². The van der Waals surface area contributed by atoms with E-state index >= 15 is 0 Å². The molecule has 0 radical (unpaired) electrons. The summed E-state index contributed by atoms with van der Waals surface area (Å²) in [5.74, 6) is 0.538. The van der Waals surface area contributed by atoms with Crippen molar-refractivity contribution in [3.8, 4) is 0 Å². The molecule has 0 amide bonds. The van der Waals surface area contributed by atoms with Crippen molar-refractivity contribution < 1.29 is 0 Å². The van der Waals surface area contributed by atoms with Crippen molar-refractivity contribution in [1.82, 2.24) is 19.9 Å². The second-order valence-corrected chi connectivity index (χ2v) is 3.84. The zero-order chi connectivity index (χ0) is 10.3. The van der Waals surface area contributed by atoms with Crippen LogP contribution >= 0.6 is 11.6 Å². The van der Waals surface area contributed by atoms with Crippen LogP contribution in [-0.4, -0.2) is 26.0 Å². The van der Waals surface area contributed by atoms with Crippen LogP contribution in [0.3, 0.4) is 0 Å². The maximum absolute atomic E-state index is 5.97. The van der Waals surface area contributed by atoms with Crippen molar-refractivity contribution in [2.45, 2.75) is 18.9 Å². The fourth-order valence-electron chi connectivity index (χ4n) is 1.30. The molecular weight excluding hydrogens is 214 g/mol. The number of halogens is 1. The summed E-state index contributed by atoms with van der Waals surface area (Å²) in [6.07, 6.45) is 5.50. The molecule has 5 nitrogen and oxygen atoms in total. The smallest absolute Gasteiger partial charge is 0.226 e. The fourth-order valence-corrected chi connectivity index (χ4v) is 1.52. The van der Waals surface area contributed by atoms with Crippen LogP contribution in [0.15, 0.2) is 12.4 Å². The predicted molar refractivity (Wildman–Crippen MR) is 56.8 cm³/mol. The zero-order valence-electron chi connectivity index (χ0n) is 7.81. The van der Waals surface area contributed by atoms with Gasteiger partial charge in [-0.05, 0) is 12.8 Å². The van der Waals surface area contributed by atoms with Crippen molar-refractivity contribution >= 4 is 28.7 Å². The lowest BCUT2D eigenvalue weighted by Crippen LogP contribution is -2.06. The van der Waals surface area contributed by atoms with Gasteiger partial charge in [-0.3, -0.25) is 0 Å². The van der Waals surface area contributed by atoms with Crippen LogP contribution in [0.5, 0.6) is 0 Å². The summed E-state index contributed by atoms with van der Waals surface area (Å²) in [6.45, 7) is 0. The van der Waals surface area contributed by atoms with E-state index in [1.165, 1.54) is 12.8 Å². The highest BCUT2D eigenvalue weighted by Gasteiger charge is 2.22. The molecule has 0 bridgehead atoms. The Bertz CT molecular complexity index is 511. The maximum Gasteiger partial charge on any atom is 0.226 e. The van der Waals surface area contributed by atoms with Gasteiger partial charge in [-0.25, -0.2) is 9.97 Å². The number of nitrogens with one attached hydrogen (secondary N) is 1. The molecule has 0 atom stereocenters. The molecule has 0 aliphatic heterocycles. The van der Waals surface area contributed by atoms with Crippen molar-refractivity contribution in [3.63, 3.8) is 0 Å². The Kier molecular flexibility index (Phi) is 1.92. The molecule has 2 heterocycles. The molecule has 2 aromatic heterocycles. The largest absolute Gasteiger partial charge is 0.351 e. The first kappa shape index (κ1) is 8.79. The van der Waals surface area contributed by atoms with Crippen LogP contribution < -0.4 is 5.32 Å². The normalized spacial score (nSPS) is 15.5. The van der Waals surface area contributed by atoms with Crippen molar-refractivity contribution in [2.75, 3.05) is 5.32 Å². The highest BCUT2D eigenvalue weighted by Crippen LogP contribution is 2.24. The Morgan fingerprint density at radius 1 is 1.20 bits per heavy atom. The lowest BCUT2D eigenvalue weighted by molar-refractivity contribution is 1.06. The molecule has 1 aliphatic carbocycles. The Labute approximate surface area is 90.9 Å². The molecule has 2 aromatic rings. The van der Waals surface area contributed by atoms with Crippen LogP contribution in [0, 0.1) is 0 Å².